The van der Waals surface area contributed by atoms with Crippen LogP contribution in [0.5, 0.6) is 0 Å². The van der Waals surface area contributed by atoms with Crippen LogP contribution >= 0.6 is 0 Å². The molecule has 1 N–H and O–H groups in total. The topological polar surface area (TPSA) is 46.5 Å². The second-order valence-corrected chi connectivity index (χ2v) is 10.7. The fourth-order valence-corrected chi connectivity index (χ4v) is 9.23. The van der Waals surface area contributed by atoms with E-state index in [9.17, 15) is 9.90 Å². The van der Waals surface area contributed by atoms with Gasteiger partial charge in [0.05, 0.1) is 6.10 Å². The van der Waals surface area contributed by atoms with E-state index in [2.05, 4.69) is 19.9 Å². The third-order valence-corrected chi connectivity index (χ3v) is 10.5. The highest BCUT2D eigenvalue weighted by Crippen LogP contribution is 2.82. The van der Waals surface area contributed by atoms with E-state index in [1.807, 2.05) is 0 Å². The maximum absolute atomic E-state index is 11.9. The molecule has 1 aliphatic heterocycles. The molecule has 6 rings (SSSR count). The van der Waals surface area contributed by atoms with Crippen molar-refractivity contribution < 1.29 is 14.6 Å². The van der Waals surface area contributed by atoms with Crippen molar-refractivity contribution >= 4 is 5.97 Å². The normalized spacial score (nSPS) is 63.8. The molecule has 0 amide bonds. The standard InChI is InChI=1S/C22H30O3/c1-19-8-4-16-14(15(19)5-9-21(19)10-6-18(24)25-21)11-17(23)22-12-13(22)3-7-20(16,22)2/h6,10,13-17,23H,3-5,7-9,11-12H2,1-2H3/t13-,14+,15+,16+,17-,19+,20-,21-,22?/m1/s1. The Bertz CT molecular complexity index is 699. The van der Waals surface area contributed by atoms with Crippen molar-refractivity contribution in [2.75, 3.05) is 0 Å². The van der Waals surface area contributed by atoms with Crippen LogP contribution in [0.1, 0.15) is 65.2 Å². The van der Waals surface area contributed by atoms with Crippen LogP contribution in [0.15, 0.2) is 12.2 Å². The van der Waals surface area contributed by atoms with Gasteiger partial charge in [0.25, 0.3) is 0 Å². The number of hydrogen-bond acceptors (Lipinski definition) is 3. The Labute approximate surface area is 150 Å². The summed E-state index contributed by atoms with van der Waals surface area (Å²) in [5, 5.41) is 11.2. The largest absolute Gasteiger partial charge is 0.451 e. The van der Waals surface area contributed by atoms with Crippen LogP contribution in [0.25, 0.3) is 0 Å². The van der Waals surface area contributed by atoms with Crippen LogP contribution in [0.4, 0.5) is 0 Å². The first-order valence-corrected chi connectivity index (χ1v) is 10.5. The van der Waals surface area contributed by atoms with Gasteiger partial charge in [0, 0.05) is 16.9 Å². The van der Waals surface area contributed by atoms with Gasteiger partial charge in [-0.1, -0.05) is 13.8 Å². The lowest BCUT2D eigenvalue weighted by Gasteiger charge is -2.60. The van der Waals surface area contributed by atoms with E-state index >= 15 is 0 Å². The van der Waals surface area contributed by atoms with Crippen molar-refractivity contribution in [3.63, 3.8) is 0 Å². The molecule has 3 heteroatoms. The molecular weight excluding hydrogens is 312 g/mol. The number of carbonyl (C=O) groups excluding carboxylic acids is 1. The van der Waals surface area contributed by atoms with E-state index in [-0.39, 0.29) is 28.5 Å². The zero-order chi connectivity index (χ0) is 17.2. The van der Waals surface area contributed by atoms with Gasteiger partial charge in [-0.3, -0.25) is 0 Å². The van der Waals surface area contributed by atoms with Crippen molar-refractivity contribution in [3.8, 4) is 0 Å². The SMILES string of the molecule is C[C@]12CC[C@H]3[C@@H](C[C@@H](O)C45C[C@H]4CC[C@]35C)[C@@H]1CC[C@@]21C=CC(=O)O1. The molecule has 6 aliphatic rings. The lowest BCUT2D eigenvalue weighted by molar-refractivity contribution is -0.179. The molecule has 0 aromatic rings. The molecule has 9 atom stereocenters. The van der Waals surface area contributed by atoms with Gasteiger partial charge in [-0.2, -0.15) is 0 Å². The smallest absolute Gasteiger partial charge is 0.331 e. The molecule has 5 saturated carbocycles. The maximum Gasteiger partial charge on any atom is 0.331 e. The van der Waals surface area contributed by atoms with Gasteiger partial charge in [-0.15, -0.1) is 0 Å². The van der Waals surface area contributed by atoms with E-state index in [0.717, 1.165) is 31.1 Å². The second kappa shape index (κ2) is 4.18. The second-order valence-electron chi connectivity index (χ2n) is 10.7. The summed E-state index contributed by atoms with van der Waals surface area (Å²) in [4.78, 5) is 11.9. The Morgan fingerprint density at radius 2 is 1.80 bits per heavy atom. The van der Waals surface area contributed by atoms with Crippen LogP contribution in [0.2, 0.25) is 0 Å². The predicted molar refractivity (Wildman–Crippen MR) is 93.5 cm³/mol. The molecule has 1 unspecified atom stereocenters. The Morgan fingerprint density at radius 1 is 1.08 bits per heavy atom. The fraction of sp³-hybridized carbons (Fsp3) is 0.864. The Morgan fingerprint density at radius 3 is 2.52 bits per heavy atom. The lowest BCUT2D eigenvalue weighted by atomic mass is 9.45. The molecule has 0 saturated heterocycles. The molecule has 0 aromatic carbocycles. The number of rotatable bonds is 0. The van der Waals surface area contributed by atoms with E-state index in [0.29, 0.717) is 17.3 Å². The average molecular weight is 342 g/mol. The van der Waals surface area contributed by atoms with Gasteiger partial charge >= 0.3 is 5.97 Å². The van der Waals surface area contributed by atoms with Crippen molar-refractivity contribution in [1.82, 2.24) is 0 Å². The molecule has 2 spiro atoms. The molecule has 5 fully saturated rings. The zero-order valence-corrected chi connectivity index (χ0v) is 15.5. The Hall–Kier alpha value is -0.830. The first-order chi connectivity index (χ1) is 11.9. The number of aliphatic hydroxyl groups excluding tert-OH is 1. The highest BCUT2D eigenvalue weighted by atomic mass is 16.6. The number of hydrogen-bond donors (Lipinski definition) is 1. The fourth-order valence-electron chi connectivity index (χ4n) is 9.23. The van der Waals surface area contributed by atoms with E-state index in [4.69, 9.17) is 4.74 Å². The van der Waals surface area contributed by atoms with Crippen LogP contribution in [-0.4, -0.2) is 22.8 Å². The summed E-state index contributed by atoms with van der Waals surface area (Å²) >= 11 is 0. The summed E-state index contributed by atoms with van der Waals surface area (Å²) in [6.07, 6.45) is 13.1. The van der Waals surface area contributed by atoms with Gasteiger partial charge in [-0.25, -0.2) is 4.79 Å². The number of carbonyl (C=O) groups is 1. The minimum Gasteiger partial charge on any atom is -0.451 e. The first kappa shape index (κ1) is 15.2. The quantitative estimate of drug-likeness (QED) is 0.680. The van der Waals surface area contributed by atoms with Crippen molar-refractivity contribution in [2.45, 2.75) is 76.9 Å². The molecule has 25 heavy (non-hydrogen) atoms. The molecule has 5 aliphatic carbocycles. The van der Waals surface area contributed by atoms with Crippen LogP contribution < -0.4 is 0 Å². The number of ether oxygens (including phenoxy) is 1. The number of esters is 1. The van der Waals surface area contributed by atoms with Crippen molar-refractivity contribution in [3.05, 3.63) is 12.2 Å². The highest BCUT2D eigenvalue weighted by Gasteiger charge is 2.78. The third-order valence-electron chi connectivity index (χ3n) is 10.5. The lowest BCUT2D eigenvalue weighted by Crippen LogP contribution is -2.58. The Kier molecular flexibility index (Phi) is 2.55. The zero-order valence-electron chi connectivity index (χ0n) is 15.5. The van der Waals surface area contributed by atoms with Crippen LogP contribution in [0, 0.1) is 39.9 Å². The van der Waals surface area contributed by atoms with Crippen molar-refractivity contribution in [2.24, 2.45) is 39.9 Å². The highest BCUT2D eigenvalue weighted by molar-refractivity contribution is 5.85. The molecule has 0 radical (unpaired) electrons. The van der Waals surface area contributed by atoms with Crippen LogP contribution in [0.3, 0.4) is 0 Å². The van der Waals surface area contributed by atoms with Gasteiger partial charge < -0.3 is 9.84 Å². The maximum atomic E-state index is 11.9. The monoisotopic (exact) mass is 342 g/mol. The number of aliphatic hydroxyl groups is 1. The first-order valence-electron chi connectivity index (χ1n) is 10.5. The summed E-state index contributed by atoms with van der Waals surface area (Å²) in [5.41, 5.74) is 0.300. The molecule has 1 heterocycles. The van der Waals surface area contributed by atoms with Gasteiger partial charge in [0.2, 0.25) is 0 Å². The molecule has 0 aromatic heterocycles. The van der Waals surface area contributed by atoms with E-state index < -0.39 is 0 Å². The minimum atomic E-state index is -0.363. The van der Waals surface area contributed by atoms with E-state index in [1.54, 1.807) is 6.08 Å². The number of fused-ring (bicyclic) bond motifs is 5. The predicted octanol–water partition coefficient (Wildman–Crippen LogP) is 3.85. The Balaban J connectivity index is 1.40. The minimum absolute atomic E-state index is 0.0545. The average Bonchev–Trinajstić information content (AvgIpc) is 2.92. The molecule has 3 nitrogen and oxygen atoms in total. The molecular formula is C22H30O3. The van der Waals surface area contributed by atoms with Crippen LogP contribution in [-0.2, 0) is 9.53 Å². The summed E-state index contributed by atoms with van der Waals surface area (Å²) in [5.74, 6) is 2.60. The summed E-state index contributed by atoms with van der Waals surface area (Å²) < 4.78 is 5.92. The van der Waals surface area contributed by atoms with Gasteiger partial charge in [-0.05, 0) is 86.5 Å². The molecule has 136 valence electrons. The van der Waals surface area contributed by atoms with Crippen molar-refractivity contribution in [1.29, 1.82) is 0 Å². The van der Waals surface area contributed by atoms with E-state index in [1.165, 1.54) is 32.1 Å². The van der Waals surface area contributed by atoms with Gasteiger partial charge in [0.15, 0.2) is 0 Å². The third kappa shape index (κ3) is 1.43. The summed E-state index contributed by atoms with van der Waals surface area (Å²) in [6, 6.07) is 0. The summed E-state index contributed by atoms with van der Waals surface area (Å²) in [6.45, 7) is 4.89. The summed E-state index contributed by atoms with van der Waals surface area (Å²) in [7, 11) is 0. The molecule has 0 bridgehead atoms. The van der Waals surface area contributed by atoms with Gasteiger partial charge in [0.1, 0.15) is 5.60 Å².